The molecule has 0 saturated carbocycles. The Bertz CT molecular complexity index is 1290. The molecular weight excluding hydrogens is 548 g/mol. The molecule has 1 aliphatic rings. The zero-order valence-corrected chi connectivity index (χ0v) is 21.1. The van der Waals surface area contributed by atoms with Crippen LogP contribution in [0, 0.1) is 5.82 Å². The maximum atomic E-state index is 13.5. The number of carboxylic acids is 2. The summed E-state index contributed by atoms with van der Waals surface area (Å²) in [5.41, 5.74) is -0.557. The number of aliphatic carboxylic acids is 2. The molecule has 1 fully saturated rings. The SMILES string of the molecule is O=C(O)C=CC(=O)O.O=c1[nH]cc(CO)c(=O)n1CCCN1CCN(c2ccc(F)cc2OCC(F)(F)F)CC1. The fraction of sp³-hybridized carbons (Fsp3) is 0.417. The first-order valence-electron chi connectivity index (χ1n) is 11.8. The molecule has 0 spiro atoms. The Morgan fingerprint density at radius 2 is 1.65 bits per heavy atom. The molecule has 12 nitrogen and oxygen atoms in total. The lowest BCUT2D eigenvalue weighted by atomic mass is 10.2. The van der Waals surface area contributed by atoms with Gasteiger partial charge in [0, 0.05) is 57.1 Å². The number of nitrogens with one attached hydrogen (secondary N) is 1. The van der Waals surface area contributed by atoms with E-state index in [4.69, 9.17) is 20.1 Å². The standard InChI is InChI=1S/C20H24F4N4O4.C4H4O4/c21-15-2-3-16(17(10-15)32-13-20(22,23)24)27-8-6-26(7-9-27)4-1-5-28-18(30)14(12-29)11-25-19(28)31;5-3(6)1-2-4(7)8/h2-3,10-11,29H,1,4-9,12-13H2,(H,25,31);1-2H,(H,5,6)(H,7,8). The van der Waals surface area contributed by atoms with Gasteiger partial charge in [-0.05, 0) is 25.1 Å². The fourth-order valence-electron chi connectivity index (χ4n) is 3.70. The predicted octanol–water partition coefficient (Wildman–Crippen LogP) is 1.03. The van der Waals surface area contributed by atoms with Crippen LogP contribution in [-0.4, -0.2) is 87.2 Å². The van der Waals surface area contributed by atoms with Gasteiger partial charge in [-0.1, -0.05) is 0 Å². The third-order valence-electron chi connectivity index (χ3n) is 5.56. The summed E-state index contributed by atoms with van der Waals surface area (Å²) in [6.07, 6.45) is -1.69. The van der Waals surface area contributed by atoms with Crippen LogP contribution in [0.2, 0.25) is 0 Å². The van der Waals surface area contributed by atoms with Gasteiger partial charge in [0.05, 0.1) is 17.9 Å². The van der Waals surface area contributed by atoms with Crippen LogP contribution in [0.15, 0.2) is 46.1 Å². The molecule has 2 heterocycles. The number of hydrogen-bond donors (Lipinski definition) is 4. The minimum atomic E-state index is -4.53. The van der Waals surface area contributed by atoms with Crippen LogP contribution in [0.25, 0.3) is 0 Å². The maximum Gasteiger partial charge on any atom is 0.422 e. The highest BCUT2D eigenvalue weighted by molar-refractivity contribution is 5.89. The van der Waals surface area contributed by atoms with Crippen molar-refractivity contribution in [3.63, 3.8) is 0 Å². The molecule has 0 amide bonds. The Labute approximate surface area is 224 Å². The number of ether oxygens (including phenoxy) is 1. The molecular formula is C24H28F4N4O8. The molecule has 16 heteroatoms. The van der Waals surface area contributed by atoms with Crippen molar-refractivity contribution >= 4 is 17.6 Å². The summed E-state index contributed by atoms with van der Waals surface area (Å²) in [4.78, 5) is 49.4. The van der Waals surface area contributed by atoms with Gasteiger partial charge >= 0.3 is 23.8 Å². The zero-order valence-electron chi connectivity index (χ0n) is 21.1. The lowest BCUT2D eigenvalue weighted by Crippen LogP contribution is -2.47. The molecule has 40 heavy (non-hydrogen) atoms. The number of H-pyrrole nitrogens is 1. The minimum Gasteiger partial charge on any atom is -0.482 e. The molecule has 1 aromatic heterocycles. The van der Waals surface area contributed by atoms with Crippen LogP contribution in [-0.2, 0) is 22.7 Å². The van der Waals surface area contributed by atoms with Crippen molar-refractivity contribution in [1.82, 2.24) is 14.5 Å². The average molecular weight is 577 g/mol. The summed E-state index contributed by atoms with van der Waals surface area (Å²) in [5.74, 6) is -3.35. The number of carbonyl (C=O) groups is 2. The number of aromatic nitrogens is 2. The van der Waals surface area contributed by atoms with Crippen molar-refractivity contribution in [2.24, 2.45) is 0 Å². The summed E-state index contributed by atoms with van der Waals surface area (Å²) in [6.45, 7) is 1.01. The van der Waals surface area contributed by atoms with Crippen molar-refractivity contribution in [3.8, 4) is 5.75 Å². The van der Waals surface area contributed by atoms with E-state index in [1.807, 2.05) is 4.90 Å². The van der Waals surface area contributed by atoms with E-state index >= 15 is 0 Å². The van der Waals surface area contributed by atoms with E-state index in [0.717, 1.165) is 10.6 Å². The summed E-state index contributed by atoms with van der Waals surface area (Å²) in [6, 6.07) is 3.53. The smallest absolute Gasteiger partial charge is 0.422 e. The average Bonchev–Trinajstić information content (AvgIpc) is 2.89. The summed E-state index contributed by atoms with van der Waals surface area (Å²) in [7, 11) is 0. The number of aliphatic hydroxyl groups is 1. The van der Waals surface area contributed by atoms with Crippen LogP contribution in [0.1, 0.15) is 12.0 Å². The maximum absolute atomic E-state index is 13.5. The number of carboxylic acid groups (broad SMARTS) is 2. The Hall–Kier alpha value is -4.18. The second-order valence-corrected chi connectivity index (χ2v) is 8.44. The van der Waals surface area contributed by atoms with Gasteiger partial charge in [0.2, 0.25) is 0 Å². The van der Waals surface area contributed by atoms with Gasteiger partial charge in [0.15, 0.2) is 6.61 Å². The lowest BCUT2D eigenvalue weighted by molar-refractivity contribution is -0.153. The third-order valence-corrected chi connectivity index (χ3v) is 5.56. The first kappa shape index (κ1) is 32.0. The number of nitrogens with zero attached hydrogens (tertiary/aromatic N) is 3. The highest BCUT2D eigenvalue weighted by atomic mass is 19.4. The minimum absolute atomic E-state index is 0.112. The zero-order chi connectivity index (χ0) is 29.9. The first-order chi connectivity index (χ1) is 18.8. The van der Waals surface area contributed by atoms with Gasteiger partial charge in [-0.2, -0.15) is 13.2 Å². The molecule has 4 N–H and O–H groups in total. The predicted molar refractivity (Wildman–Crippen MR) is 133 cm³/mol. The second kappa shape index (κ2) is 14.8. The number of anilines is 1. The molecule has 1 saturated heterocycles. The molecule has 1 aliphatic heterocycles. The summed E-state index contributed by atoms with van der Waals surface area (Å²) in [5, 5.41) is 24.8. The van der Waals surface area contributed by atoms with Crippen molar-refractivity contribution in [1.29, 1.82) is 0 Å². The largest absolute Gasteiger partial charge is 0.482 e. The van der Waals surface area contributed by atoms with Gasteiger partial charge in [0.25, 0.3) is 5.56 Å². The van der Waals surface area contributed by atoms with Gasteiger partial charge in [-0.3, -0.25) is 14.3 Å². The monoisotopic (exact) mass is 576 g/mol. The van der Waals surface area contributed by atoms with E-state index in [-0.39, 0.29) is 17.9 Å². The van der Waals surface area contributed by atoms with Gasteiger partial charge in [0.1, 0.15) is 11.6 Å². The number of halogens is 4. The number of benzene rings is 1. The number of rotatable bonds is 10. The number of piperazine rings is 1. The second-order valence-electron chi connectivity index (χ2n) is 8.44. The first-order valence-corrected chi connectivity index (χ1v) is 11.8. The van der Waals surface area contributed by atoms with Gasteiger partial charge < -0.3 is 29.9 Å². The van der Waals surface area contributed by atoms with Crippen LogP contribution in [0.5, 0.6) is 5.75 Å². The molecule has 0 unspecified atom stereocenters. The Morgan fingerprint density at radius 3 is 2.20 bits per heavy atom. The quantitative estimate of drug-likeness (QED) is 0.237. The van der Waals surface area contributed by atoms with E-state index in [0.29, 0.717) is 57.0 Å². The van der Waals surface area contributed by atoms with Crippen LogP contribution < -0.4 is 20.9 Å². The van der Waals surface area contributed by atoms with E-state index < -0.39 is 48.4 Å². The fourth-order valence-corrected chi connectivity index (χ4v) is 3.70. The van der Waals surface area contributed by atoms with Crippen molar-refractivity contribution in [2.45, 2.75) is 25.7 Å². The van der Waals surface area contributed by atoms with Gasteiger partial charge in [-0.25, -0.2) is 18.8 Å². The van der Waals surface area contributed by atoms with Crippen LogP contribution in [0.4, 0.5) is 23.2 Å². The number of alkyl halides is 3. The molecule has 220 valence electrons. The van der Waals surface area contributed by atoms with E-state index in [2.05, 4.69) is 9.88 Å². The lowest BCUT2D eigenvalue weighted by Gasteiger charge is -2.36. The molecule has 3 rings (SSSR count). The molecule has 0 aliphatic carbocycles. The van der Waals surface area contributed by atoms with E-state index in [1.165, 1.54) is 18.3 Å². The summed E-state index contributed by atoms with van der Waals surface area (Å²) >= 11 is 0. The van der Waals surface area contributed by atoms with Crippen molar-refractivity contribution in [2.75, 3.05) is 44.2 Å². The van der Waals surface area contributed by atoms with E-state index in [9.17, 15) is 36.7 Å². The Kier molecular flexibility index (Phi) is 11.9. The molecule has 0 radical (unpaired) electrons. The van der Waals surface area contributed by atoms with Crippen molar-refractivity contribution < 1.29 is 47.2 Å². The Morgan fingerprint density at radius 1 is 1.02 bits per heavy atom. The van der Waals surface area contributed by atoms with Crippen LogP contribution >= 0.6 is 0 Å². The molecule has 0 bridgehead atoms. The molecule has 1 aromatic carbocycles. The summed E-state index contributed by atoms with van der Waals surface area (Å²) < 4.78 is 56.9. The van der Waals surface area contributed by atoms with Crippen LogP contribution in [0.3, 0.4) is 0 Å². The van der Waals surface area contributed by atoms with Gasteiger partial charge in [-0.15, -0.1) is 0 Å². The van der Waals surface area contributed by atoms with E-state index in [1.54, 1.807) is 0 Å². The Balaban J connectivity index is 0.000000611. The topological polar surface area (TPSA) is 165 Å². The third kappa shape index (κ3) is 10.5. The molecule has 2 aromatic rings. The number of aliphatic hydroxyl groups excluding tert-OH is 1. The van der Waals surface area contributed by atoms with Crippen molar-refractivity contribution in [3.05, 3.63) is 68.8 Å². The number of hydrogen-bond acceptors (Lipinski definition) is 8. The highest BCUT2D eigenvalue weighted by Gasteiger charge is 2.29. The molecule has 0 atom stereocenters. The number of aromatic amines is 1. The normalized spacial score (nSPS) is 14.1. The highest BCUT2D eigenvalue weighted by Crippen LogP contribution is 2.31.